The summed E-state index contributed by atoms with van der Waals surface area (Å²) in [4.78, 5) is 0. The predicted octanol–water partition coefficient (Wildman–Crippen LogP) is 4.53. The summed E-state index contributed by atoms with van der Waals surface area (Å²) in [5, 5.41) is 14.0. The van der Waals surface area contributed by atoms with Crippen molar-refractivity contribution in [3.63, 3.8) is 0 Å². The third kappa shape index (κ3) is 2.18. The molecule has 1 aromatic heterocycles. The summed E-state index contributed by atoms with van der Waals surface area (Å²) < 4.78 is 5.35. The summed E-state index contributed by atoms with van der Waals surface area (Å²) in [6, 6.07) is 18.8. The van der Waals surface area contributed by atoms with Crippen LogP contribution in [-0.2, 0) is 0 Å². The standard InChI is InChI=1S/C16H9ClN2O/c17-13-8-6-11(7-9-13)15-14(10-18)16(20-19-15)12-4-2-1-3-5-12/h1-9H. The van der Waals surface area contributed by atoms with Gasteiger partial charge in [0.25, 0.3) is 0 Å². The molecule has 96 valence electrons. The first-order valence-corrected chi connectivity index (χ1v) is 6.38. The third-order valence-corrected chi connectivity index (χ3v) is 3.21. The van der Waals surface area contributed by atoms with Crippen molar-refractivity contribution >= 4 is 11.6 Å². The van der Waals surface area contributed by atoms with Gasteiger partial charge in [0.05, 0.1) is 0 Å². The number of hydrogen-bond acceptors (Lipinski definition) is 3. The van der Waals surface area contributed by atoms with E-state index in [1.54, 1.807) is 12.1 Å². The Morgan fingerprint density at radius 2 is 1.65 bits per heavy atom. The van der Waals surface area contributed by atoms with Gasteiger partial charge < -0.3 is 4.52 Å². The molecular weight excluding hydrogens is 272 g/mol. The number of nitriles is 1. The lowest BCUT2D eigenvalue weighted by atomic mass is 10.0. The van der Waals surface area contributed by atoms with Gasteiger partial charge in [0, 0.05) is 16.1 Å². The number of nitrogens with zero attached hydrogens (tertiary/aromatic N) is 2. The lowest BCUT2D eigenvalue weighted by molar-refractivity contribution is 0.434. The minimum absolute atomic E-state index is 0.429. The normalized spacial score (nSPS) is 10.2. The Balaban J connectivity index is 2.13. The van der Waals surface area contributed by atoms with Crippen LogP contribution < -0.4 is 0 Å². The summed E-state index contributed by atoms with van der Waals surface area (Å²) in [6.07, 6.45) is 0. The van der Waals surface area contributed by atoms with Gasteiger partial charge in [-0.25, -0.2) is 0 Å². The van der Waals surface area contributed by atoms with E-state index in [1.165, 1.54) is 0 Å². The maximum absolute atomic E-state index is 9.39. The maximum atomic E-state index is 9.39. The van der Waals surface area contributed by atoms with Crippen LogP contribution in [-0.4, -0.2) is 5.16 Å². The first-order valence-electron chi connectivity index (χ1n) is 6.00. The molecule has 0 fully saturated rings. The van der Waals surface area contributed by atoms with Gasteiger partial charge in [0.15, 0.2) is 5.76 Å². The SMILES string of the molecule is N#Cc1c(-c2ccc(Cl)cc2)noc1-c1ccccc1. The second kappa shape index (κ2) is 5.20. The molecule has 0 saturated heterocycles. The highest BCUT2D eigenvalue weighted by atomic mass is 35.5. The van der Waals surface area contributed by atoms with Crippen LogP contribution in [0.5, 0.6) is 0 Å². The minimum Gasteiger partial charge on any atom is -0.354 e. The predicted molar refractivity (Wildman–Crippen MR) is 77.1 cm³/mol. The average molecular weight is 281 g/mol. The van der Waals surface area contributed by atoms with Gasteiger partial charge in [-0.15, -0.1) is 0 Å². The quantitative estimate of drug-likeness (QED) is 0.693. The van der Waals surface area contributed by atoms with Crippen molar-refractivity contribution in [2.24, 2.45) is 0 Å². The van der Waals surface area contributed by atoms with E-state index < -0.39 is 0 Å². The van der Waals surface area contributed by atoms with Gasteiger partial charge in [-0.05, 0) is 12.1 Å². The van der Waals surface area contributed by atoms with Crippen molar-refractivity contribution in [1.82, 2.24) is 5.16 Å². The molecule has 0 N–H and O–H groups in total. The van der Waals surface area contributed by atoms with Gasteiger partial charge in [-0.3, -0.25) is 0 Å². The Kier molecular flexibility index (Phi) is 3.24. The Morgan fingerprint density at radius 1 is 0.950 bits per heavy atom. The van der Waals surface area contributed by atoms with Crippen LogP contribution in [0.25, 0.3) is 22.6 Å². The molecule has 0 aliphatic carbocycles. The summed E-state index contributed by atoms with van der Waals surface area (Å²) in [5.74, 6) is 0.484. The molecular formula is C16H9ClN2O. The Hall–Kier alpha value is -2.57. The van der Waals surface area contributed by atoms with E-state index in [0.29, 0.717) is 22.0 Å². The molecule has 0 spiro atoms. The van der Waals surface area contributed by atoms with E-state index in [9.17, 15) is 5.26 Å². The van der Waals surface area contributed by atoms with Crippen molar-refractivity contribution in [1.29, 1.82) is 5.26 Å². The van der Waals surface area contributed by atoms with E-state index in [2.05, 4.69) is 11.2 Å². The smallest absolute Gasteiger partial charge is 0.185 e. The highest BCUT2D eigenvalue weighted by Gasteiger charge is 2.18. The van der Waals surface area contributed by atoms with Crippen LogP contribution in [0.2, 0.25) is 5.02 Å². The van der Waals surface area contributed by atoms with E-state index in [-0.39, 0.29) is 0 Å². The molecule has 0 amide bonds. The Labute approximate surface area is 121 Å². The molecule has 0 atom stereocenters. The molecule has 0 aliphatic heterocycles. The monoisotopic (exact) mass is 280 g/mol. The summed E-state index contributed by atoms with van der Waals surface area (Å²) in [7, 11) is 0. The topological polar surface area (TPSA) is 49.8 Å². The lowest BCUT2D eigenvalue weighted by Gasteiger charge is -1.97. The van der Waals surface area contributed by atoms with Crippen LogP contribution in [0.15, 0.2) is 59.1 Å². The largest absolute Gasteiger partial charge is 0.354 e. The van der Waals surface area contributed by atoms with E-state index in [4.69, 9.17) is 16.1 Å². The van der Waals surface area contributed by atoms with Crippen molar-refractivity contribution < 1.29 is 4.52 Å². The number of rotatable bonds is 2. The van der Waals surface area contributed by atoms with Crippen LogP contribution in [0, 0.1) is 11.3 Å². The van der Waals surface area contributed by atoms with Crippen LogP contribution in [0.1, 0.15) is 5.56 Å². The number of benzene rings is 2. The highest BCUT2D eigenvalue weighted by molar-refractivity contribution is 6.30. The molecule has 0 radical (unpaired) electrons. The molecule has 2 aromatic carbocycles. The third-order valence-electron chi connectivity index (χ3n) is 2.96. The van der Waals surface area contributed by atoms with E-state index in [0.717, 1.165) is 11.1 Å². The molecule has 20 heavy (non-hydrogen) atoms. The number of aromatic nitrogens is 1. The highest BCUT2D eigenvalue weighted by Crippen LogP contribution is 2.31. The molecule has 1 heterocycles. The first kappa shape index (κ1) is 12.5. The van der Waals surface area contributed by atoms with Gasteiger partial charge >= 0.3 is 0 Å². The minimum atomic E-state index is 0.429. The number of hydrogen-bond donors (Lipinski definition) is 0. The molecule has 0 saturated carbocycles. The fourth-order valence-electron chi connectivity index (χ4n) is 1.99. The second-order valence-corrected chi connectivity index (χ2v) is 4.66. The molecule has 4 heteroatoms. The fraction of sp³-hybridized carbons (Fsp3) is 0. The van der Waals surface area contributed by atoms with Gasteiger partial charge in [0.1, 0.15) is 17.3 Å². The zero-order valence-corrected chi connectivity index (χ0v) is 11.1. The van der Waals surface area contributed by atoms with Crippen LogP contribution >= 0.6 is 11.6 Å². The van der Waals surface area contributed by atoms with Gasteiger partial charge in [-0.1, -0.05) is 59.2 Å². The van der Waals surface area contributed by atoms with Gasteiger partial charge in [0.2, 0.25) is 0 Å². The van der Waals surface area contributed by atoms with Crippen molar-refractivity contribution in [2.75, 3.05) is 0 Å². The van der Waals surface area contributed by atoms with Crippen molar-refractivity contribution in [2.45, 2.75) is 0 Å². The van der Waals surface area contributed by atoms with E-state index in [1.807, 2.05) is 42.5 Å². The average Bonchev–Trinajstić information content (AvgIpc) is 2.93. The summed E-state index contributed by atoms with van der Waals surface area (Å²) in [5.41, 5.74) is 2.59. The molecule has 0 aliphatic rings. The lowest BCUT2D eigenvalue weighted by Crippen LogP contribution is -1.83. The molecule has 3 nitrogen and oxygen atoms in total. The van der Waals surface area contributed by atoms with Crippen LogP contribution in [0.3, 0.4) is 0 Å². The van der Waals surface area contributed by atoms with Crippen molar-refractivity contribution in [3.05, 3.63) is 65.2 Å². The van der Waals surface area contributed by atoms with Gasteiger partial charge in [-0.2, -0.15) is 5.26 Å². The van der Waals surface area contributed by atoms with E-state index >= 15 is 0 Å². The maximum Gasteiger partial charge on any atom is 0.185 e. The fourth-order valence-corrected chi connectivity index (χ4v) is 2.11. The molecule has 3 aromatic rings. The Bertz CT molecular complexity index is 770. The Morgan fingerprint density at radius 3 is 2.30 bits per heavy atom. The summed E-state index contributed by atoms with van der Waals surface area (Å²) >= 11 is 5.87. The zero-order chi connectivity index (χ0) is 13.9. The zero-order valence-electron chi connectivity index (χ0n) is 10.4. The number of halogens is 1. The molecule has 0 unspecified atom stereocenters. The molecule has 0 bridgehead atoms. The summed E-state index contributed by atoms with van der Waals surface area (Å²) in [6.45, 7) is 0. The van der Waals surface area contributed by atoms with Crippen LogP contribution in [0.4, 0.5) is 0 Å². The van der Waals surface area contributed by atoms with Crippen molar-refractivity contribution in [3.8, 4) is 28.7 Å². The molecule has 3 rings (SSSR count). The first-order chi connectivity index (χ1) is 9.79. The second-order valence-electron chi connectivity index (χ2n) is 4.22.